The number of para-hydroxylation sites is 1. The summed E-state index contributed by atoms with van der Waals surface area (Å²) in [6.45, 7) is 0. The number of ether oxygens (including phenoxy) is 1. The average molecular weight is 300 g/mol. The standard InChI is InChI=1S/C16H16N2O4/c1-17-14-9-10(22-2)7-8-11(14)15(19)18-13-6-4-3-5-12(13)16(20)21/h3-9,17H,1-2H3,(H,18,19)(H,20,21). The van der Waals surface area contributed by atoms with Crippen molar-refractivity contribution >= 4 is 23.3 Å². The number of nitrogens with one attached hydrogen (secondary N) is 2. The molecule has 22 heavy (non-hydrogen) atoms. The minimum absolute atomic E-state index is 0.0374. The second kappa shape index (κ2) is 6.62. The minimum atomic E-state index is -1.10. The van der Waals surface area contributed by atoms with Gasteiger partial charge in [0.2, 0.25) is 0 Å². The third-order valence-corrected chi connectivity index (χ3v) is 3.15. The van der Waals surface area contributed by atoms with Gasteiger partial charge in [0.05, 0.1) is 29.6 Å². The molecule has 2 rings (SSSR count). The Morgan fingerprint density at radius 3 is 2.41 bits per heavy atom. The third kappa shape index (κ3) is 3.17. The number of rotatable bonds is 5. The van der Waals surface area contributed by atoms with Gasteiger partial charge in [0.25, 0.3) is 5.91 Å². The molecule has 1 amide bonds. The minimum Gasteiger partial charge on any atom is -0.497 e. The van der Waals surface area contributed by atoms with Gasteiger partial charge in [0, 0.05) is 13.1 Å². The summed E-state index contributed by atoms with van der Waals surface area (Å²) < 4.78 is 5.11. The maximum absolute atomic E-state index is 12.4. The first-order valence-electron chi connectivity index (χ1n) is 6.56. The van der Waals surface area contributed by atoms with Gasteiger partial charge in [-0.2, -0.15) is 0 Å². The van der Waals surface area contributed by atoms with Crippen molar-refractivity contribution in [2.45, 2.75) is 0 Å². The number of hydrogen-bond acceptors (Lipinski definition) is 4. The molecule has 0 saturated heterocycles. The summed E-state index contributed by atoms with van der Waals surface area (Å²) in [5, 5.41) is 14.7. The van der Waals surface area contributed by atoms with Crippen molar-refractivity contribution in [2.24, 2.45) is 0 Å². The second-order valence-electron chi connectivity index (χ2n) is 4.47. The Bertz CT molecular complexity index is 713. The SMILES string of the molecule is CNc1cc(OC)ccc1C(=O)Nc1ccccc1C(=O)O. The molecular weight excluding hydrogens is 284 g/mol. The lowest BCUT2D eigenvalue weighted by Crippen LogP contribution is -2.16. The molecule has 0 unspecified atom stereocenters. The van der Waals surface area contributed by atoms with Crippen LogP contribution in [0.4, 0.5) is 11.4 Å². The first-order chi connectivity index (χ1) is 10.6. The average Bonchev–Trinajstić information content (AvgIpc) is 2.54. The van der Waals surface area contributed by atoms with Crippen LogP contribution in [0.2, 0.25) is 0 Å². The van der Waals surface area contributed by atoms with E-state index >= 15 is 0 Å². The van der Waals surface area contributed by atoms with Crippen molar-refractivity contribution < 1.29 is 19.4 Å². The van der Waals surface area contributed by atoms with Gasteiger partial charge in [0.1, 0.15) is 5.75 Å². The molecule has 2 aromatic rings. The summed E-state index contributed by atoms with van der Waals surface area (Å²) in [6.07, 6.45) is 0. The highest BCUT2D eigenvalue weighted by Crippen LogP contribution is 2.24. The number of benzene rings is 2. The lowest BCUT2D eigenvalue weighted by molar-refractivity contribution is 0.0698. The normalized spacial score (nSPS) is 9.91. The van der Waals surface area contributed by atoms with Crippen LogP contribution in [-0.4, -0.2) is 31.1 Å². The van der Waals surface area contributed by atoms with Crippen LogP contribution in [0.15, 0.2) is 42.5 Å². The Labute approximate surface area is 127 Å². The smallest absolute Gasteiger partial charge is 0.337 e. The van der Waals surface area contributed by atoms with Gasteiger partial charge in [-0.1, -0.05) is 12.1 Å². The number of carboxylic acids is 1. The largest absolute Gasteiger partial charge is 0.497 e. The van der Waals surface area contributed by atoms with Gasteiger partial charge >= 0.3 is 5.97 Å². The number of amides is 1. The lowest BCUT2D eigenvalue weighted by atomic mass is 10.1. The summed E-state index contributed by atoms with van der Waals surface area (Å²) in [4.78, 5) is 23.5. The number of carbonyl (C=O) groups is 2. The van der Waals surface area contributed by atoms with Crippen LogP contribution in [0.3, 0.4) is 0 Å². The molecule has 0 atom stereocenters. The first-order valence-corrected chi connectivity index (χ1v) is 6.56. The van der Waals surface area contributed by atoms with E-state index in [-0.39, 0.29) is 11.3 Å². The number of carbonyl (C=O) groups excluding carboxylic acids is 1. The molecule has 0 spiro atoms. The Morgan fingerprint density at radius 2 is 1.77 bits per heavy atom. The third-order valence-electron chi connectivity index (χ3n) is 3.15. The zero-order chi connectivity index (χ0) is 16.1. The van der Waals surface area contributed by atoms with Crippen LogP contribution >= 0.6 is 0 Å². The Kier molecular flexibility index (Phi) is 4.63. The molecule has 6 heteroatoms. The van der Waals surface area contributed by atoms with Crippen molar-refractivity contribution in [1.82, 2.24) is 0 Å². The van der Waals surface area contributed by atoms with Gasteiger partial charge in [-0.15, -0.1) is 0 Å². The molecule has 0 aliphatic carbocycles. The monoisotopic (exact) mass is 300 g/mol. The maximum Gasteiger partial charge on any atom is 0.337 e. The van der Waals surface area contributed by atoms with E-state index in [0.29, 0.717) is 17.0 Å². The van der Waals surface area contributed by atoms with Crippen LogP contribution in [0.5, 0.6) is 5.75 Å². The van der Waals surface area contributed by atoms with Gasteiger partial charge < -0.3 is 20.5 Å². The molecule has 0 aliphatic heterocycles. The van der Waals surface area contributed by atoms with Crippen molar-refractivity contribution in [3.8, 4) is 5.75 Å². The fourth-order valence-electron chi connectivity index (χ4n) is 2.02. The van der Waals surface area contributed by atoms with E-state index in [1.54, 1.807) is 43.4 Å². The van der Waals surface area contributed by atoms with Crippen molar-refractivity contribution in [2.75, 3.05) is 24.8 Å². The molecule has 0 aliphatic rings. The molecule has 0 aromatic heterocycles. The molecule has 0 radical (unpaired) electrons. The number of anilines is 2. The Hall–Kier alpha value is -3.02. The lowest BCUT2D eigenvalue weighted by Gasteiger charge is -2.12. The summed E-state index contributed by atoms with van der Waals surface area (Å²) >= 11 is 0. The fourth-order valence-corrected chi connectivity index (χ4v) is 2.02. The summed E-state index contributed by atoms with van der Waals surface area (Å²) in [5.74, 6) is -0.882. The highest BCUT2D eigenvalue weighted by atomic mass is 16.5. The molecule has 114 valence electrons. The molecule has 3 N–H and O–H groups in total. The number of hydrogen-bond donors (Lipinski definition) is 3. The van der Waals surface area contributed by atoms with Gasteiger partial charge in [-0.05, 0) is 24.3 Å². The van der Waals surface area contributed by atoms with E-state index in [9.17, 15) is 9.59 Å². The molecular formula is C16H16N2O4. The topological polar surface area (TPSA) is 87.7 Å². The summed E-state index contributed by atoms with van der Waals surface area (Å²) in [6, 6.07) is 11.2. The van der Waals surface area contributed by atoms with Crippen LogP contribution in [0.25, 0.3) is 0 Å². The van der Waals surface area contributed by atoms with Crippen molar-refractivity contribution in [3.05, 3.63) is 53.6 Å². The van der Waals surface area contributed by atoms with Gasteiger partial charge in [-0.3, -0.25) is 4.79 Å². The predicted molar refractivity (Wildman–Crippen MR) is 83.9 cm³/mol. The molecule has 0 bridgehead atoms. The van der Waals surface area contributed by atoms with E-state index in [2.05, 4.69) is 10.6 Å². The molecule has 0 saturated carbocycles. The highest BCUT2D eigenvalue weighted by Gasteiger charge is 2.15. The van der Waals surface area contributed by atoms with E-state index in [4.69, 9.17) is 9.84 Å². The molecule has 0 fully saturated rings. The number of aromatic carboxylic acids is 1. The predicted octanol–water partition coefficient (Wildman–Crippen LogP) is 2.69. The highest BCUT2D eigenvalue weighted by molar-refractivity contribution is 6.10. The fraction of sp³-hybridized carbons (Fsp3) is 0.125. The van der Waals surface area contributed by atoms with Crippen LogP contribution in [0, 0.1) is 0 Å². The van der Waals surface area contributed by atoms with Gasteiger partial charge in [-0.25, -0.2) is 4.79 Å². The van der Waals surface area contributed by atoms with Gasteiger partial charge in [0.15, 0.2) is 0 Å². The maximum atomic E-state index is 12.4. The molecule has 0 heterocycles. The summed E-state index contributed by atoms with van der Waals surface area (Å²) in [7, 11) is 3.23. The zero-order valence-corrected chi connectivity index (χ0v) is 12.2. The van der Waals surface area contributed by atoms with Crippen molar-refractivity contribution in [1.29, 1.82) is 0 Å². The zero-order valence-electron chi connectivity index (χ0n) is 12.2. The van der Waals surface area contributed by atoms with E-state index in [1.165, 1.54) is 13.2 Å². The van der Waals surface area contributed by atoms with E-state index in [1.807, 2.05) is 0 Å². The van der Waals surface area contributed by atoms with Crippen LogP contribution < -0.4 is 15.4 Å². The van der Waals surface area contributed by atoms with Crippen molar-refractivity contribution in [3.63, 3.8) is 0 Å². The number of methoxy groups -OCH3 is 1. The molecule has 6 nitrogen and oxygen atoms in total. The van der Waals surface area contributed by atoms with Crippen LogP contribution in [0.1, 0.15) is 20.7 Å². The van der Waals surface area contributed by atoms with E-state index in [0.717, 1.165) is 0 Å². The number of carboxylic acid groups (broad SMARTS) is 1. The second-order valence-corrected chi connectivity index (χ2v) is 4.47. The van der Waals surface area contributed by atoms with E-state index < -0.39 is 11.9 Å². The Balaban J connectivity index is 2.32. The van der Waals surface area contributed by atoms with Crippen LogP contribution in [-0.2, 0) is 0 Å². The quantitative estimate of drug-likeness (QED) is 0.790. The molecule has 2 aromatic carbocycles. The first kappa shape index (κ1) is 15.4. The Morgan fingerprint density at radius 1 is 1.05 bits per heavy atom. The summed E-state index contributed by atoms with van der Waals surface area (Å²) in [5.41, 5.74) is 1.27.